The number of para-hydroxylation sites is 1. The van der Waals surface area contributed by atoms with Crippen molar-refractivity contribution in [1.29, 1.82) is 0 Å². The molecule has 1 aliphatic heterocycles. The predicted octanol–water partition coefficient (Wildman–Crippen LogP) is 2.02. The summed E-state index contributed by atoms with van der Waals surface area (Å²) in [6.07, 6.45) is 1.20. The quantitative estimate of drug-likeness (QED) is 0.632. The maximum atomic E-state index is 9.65. The van der Waals surface area contributed by atoms with Crippen LogP contribution in [0, 0.1) is 0 Å². The minimum absolute atomic E-state index is 0.578. The Morgan fingerprint density at radius 3 is 2.83 bits per heavy atom. The van der Waals surface area contributed by atoms with Crippen molar-refractivity contribution in [2.75, 3.05) is 0 Å². The lowest BCUT2D eigenvalue weighted by Gasteiger charge is -2.00. The van der Waals surface area contributed by atoms with Crippen molar-refractivity contribution in [3.05, 3.63) is 41.7 Å². The molecule has 1 aromatic carbocycles. The van der Waals surface area contributed by atoms with Crippen LogP contribution < -0.4 is 4.74 Å². The second-order valence-electron chi connectivity index (χ2n) is 2.73. The Balaban J connectivity index is 2.49. The zero-order chi connectivity index (χ0) is 8.55. The molecule has 1 aliphatic rings. The lowest BCUT2D eigenvalue weighted by Crippen LogP contribution is -1.95. The third-order valence-corrected chi connectivity index (χ3v) is 2.00. The standard InChI is InChI=1S/C10H10O2/c1-2-8-10(11)7-5-3-4-6-9(7)12-8/h2-6,10-11H,1H3/b8-2-. The van der Waals surface area contributed by atoms with E-state index in [9.17, 15) is 5.11 Å². The summed E-state index contributed by atoms with van der Waals surface area (Å²) < 4.78 is 5.38. The Kier molecular flexibility index (Phi) is 1.62. The number of rotatable bonds is 0. The van der Waals surface area contributed by atoms with Crippen molar-refractivity contribution in [1.82, 2.24) is 0 Å². The average molecular weight is 162 g/mol. The smallest absolute Gasteiger partial charge is 0.140 e. The highest BCUT2D eigenvalue weighted by molar-refractivity contribution is 5.44. The molecule has 0 bridgehead atoms. The highest BCUT2D eigenvalue weighted by Crippen LogP contribution is 2.38. The molecular formula is C10H10O2. The summed E-state index contributed by atoms with van der Waals surface area (Å²) in [6, 6.07) is 7.51. The van der Waals surface area contributed by atoms with Gasteiger partial charge < -0.3 is 9.84 Å². The molecule has 62 valence electrons. The zero-order valence-corrected chi connectivity index (χ0v) is 6.82. The van der Waals surface area contributed by atoms with Gasteiger partial charge in [-0.2, -0.15) is 0 Å². The average Bonchev–Trinajstić information content (AvgIpc) is 2.44. The van der Waals surface area contributed by atoms with E-state index in [-0.39, 0.29) is 0 Å². The van der Waals surface area contributed by atoms with Crippen LogP contribution in [0.2, 0.25) is 0 Å². The van der Waals surface area contributed by atoms with E-state index in [0.29, 0.717) is 5.76 Å². The van der Waals surface area contributed by atoms with Crippen LogP contribution in [-0.4, -0.2) is 5.11 Å². The third-order valence-electron chi connectivity index (χ3n) is 2.00. The Bertz CT molecular complexity index is 328. The first-order valence-corrected chi connectivity index (χ1v) is 3.94. The third kappa shape index (κ3) is 0.924. The van der Waals surface area contributed by atoms with Gasteiger partial charge in [0.2, 0.25) is 0 Å². The van der Waals surface area contributed by atoms with E-state index in [1.165, 1.54) is 0 Å². The SMILES string of the molecule is C/C=C1\Oc2ccccc2C1O. The fraction of sp³-hybridized carbons (Fsp3) is 0.200. The minimum Gasteiger partial charge on any atom is -0.459 e. The molecule has 0 saturated carbocycles. The number of allylic oxidation sites excluding steroid dienone is 1. The molecule has 0 amide bonds. The van der Waals surface area contributed by atoms with Crippen LogP contribution in [0.5, 0.6) is 5.75 Å². The van der Waals surface area contributed by atoms with Gasteiger partial charge in [-0.25, -0.2) is 0 Å². The Hall–Kier alpha value is -1.28. The molecule has 1 atom stereocenters. The van der Waals surface area contributed by atoms with Crippen LogP contribution in [0.25, 0.3) is 0 Å². The molecule has 1 heterocycles. The summed E-state index contributed by atoms with van der Waals surface area (Å²) >= 11 is 0. The van der Waals surface area contributed by atoms with Gasteiger partial charge in [0.05, 0.1) is 0 Å². The predicted molar refractivity (Wildman–Crippen MR) is 45.8 cm³/mol. The zero-order valence-electron chi connectivity index (χ0n) is 6.82. The molecule has 0 saturated heterocycles. The van der Waals surface area contributed by atoms with Gasteiger partial charge in [-0.1, -0.05) is 18.2 Å². The lowest BCUT2D eigenvalue weighted by atomic mass is 10.1. The molecule has 0 aliphatic carbocycles. The second kappa shape index (κ2) is 2.64. The van der Waals surface area contributed by atoms with E-state index in [1.807, 2.05) is 31.2 Å². The van der Waals surface area contributed by atoms with Crippen molar-refractivity contribution >= 4 is 0 Å². The van der Waals surface area contributed by atoms with E-state index in [0.717, 1.165) is 11.3 Å². The van der Waals surface area contributed by atoms with Crippen molar-refractivity contribution in [3.63, 3.8) is 0 Å². The molecule has 12 heavy (non-hydrogen) atoms. The summed E-state index contributed by atoms with van der Waals surface area (Å²) in [5.41, 5.74) is 0.852. The molecule has 2 nitrogen and oxygen atoms in total. The fourth-order valence-electron chi connectivity index (χ4n) is 1.35. The summed E-state index contributed by atoms with van der Waals surface area (Å²) in [5, 5.41) is 9.65. The molecule has 1 unspecified atom stereocenters. The summed E-state index contributed by atoms with van der Waals surface area (Å²) in [6.45, 7) is 1.85. The largest absolute Gasteiger partial charge is 0.459 e. The molecular weight excluding hydrogens is 152 g/mol. The van der Waals surface area contributed by atoms with Crippen molar-refractivity contribution in [2.45, 2.75) is 13.0 Å². The lowest BCUT2D eigenvalue weighted by molar-refractivity contribution is 0.190. The van der Waals surface area contributed by atoms with Gasteiger partial charge in [-0.05, 0) is 19.1 Å². The van der Waals surface area contributed by atoms with Crippen LogP contribution in [-0.2, 0) is 0 Å². The number of aliphatic hydroxyl groups excluding tert-OH is 1. The number of fused-ring (bicyclic) bond motifs is 1. The van der Waals surface area contributed by atoms with E-state index in [4.69, 9.17) is 4.74 Å². The molecule has 0 fully saturated rings. The van der Waals surface area contributed by atoms with Crippen LogP contribution in [0.15, 0.2) is 36.1 Å². The highest BCUT2D eigenvalue weighted by Gasteiger charge is 2.25. The number of benzene rings is 1. The van der Waals surface area contributed by atoms with Crippen LogP contribution in [0.1, 0.15) is 18.6 Å². The molecule has 2 heteroatoms. The normalized spacial score (nSPS) is 23.8. The summed E-state index contributed by atoms with van der Waals surface area (Å²) in [7, 11) is 0. The Morgan fingerprint density at radius 1 is 1.42 bits per heavy atom. The van der Waals surface area contributed by atoms with E-state index >= 15 is 0 Å². The van der Waals surface area contributed by atoms with Gasteiger partial charge in [0.25, 0.3) is 0 Å². The van der Waals surface area contributed by atoms with E-state index in [1.54, 1.807) is 6.08 Å². The maximum absolute atomic E-state index is 9.65. The molecule has 1 N–H and O–H groups in total. The first-order chi connectivity index (χ1) is 5.83. The monoisotopic (exact) mass is 162 g/mol. The van der Waals surface area contributed by atoms with Gasteiger partial charge in [0.1, 0.15) is 17.6 Å². The first-order valence-electron chi connectivity index (χ1n) is 3.94. The fourth-order valence-corrected chi connectivity index (χ4v) is 1.35. The Labute approximate surface area is 71.1 Å². The van der Waals surface area contributed by atoms with E-state index in [2.05, 4.69) is 0 Å². The van der Waals surface area contributed by atoms with Gasteiger partial charge in [0, 0.05) is 5.56 Å². The topological polar surface area (TPSA) is 29.5 Å². The maximum Gasteiger partial charge on any atom is 0.140 e. The van der Waals surface area contributed by atoms with Crippen molar-refractivity contribution < 1.29 is 9.84 Å². The first kappa shape index (κ1) is 7.37. The molecule has 0 spiro atoms. The minimum atomic E-state index is -0.578. The van der Waals surface area contributed by atoms with Gasteiger partial charge in [-0.3, -0.25) is 0 Å². The summed E-state index contributed by atoms with van der Waals surface area (Å²) in [4.78, 5) is 0. The Morgan fingerprint density at radius 2 is 2.17 bits per heavy atom. The van der Waals surface area contributed by atoms with Crippen molar-refractivity contribution in [2.24, 2.45) is 0 Å². The van der Waals surface area contributed by atoms with Crippen LogP contribution >= 0.6 is 0 Å². The number of hydrogen-bond acceptors (Lipinski definition) is 2. The number of ether oxygens (including phenoxy) is 1. The highest BCUT2D eigenvalue weighted by atomic mass is 16.5. The van der Waals surface area contributed by atoms with Crippen LogP contribution in [0.3, 0.4) is 0 Å². The second-order valence-corrected chi connectivity index (χ2v) is 2.73. The number of aliphatic hydroxyl groups is 1. The van der Waals surface area contributed by atoms with Gasteiger partial charge in [0.15, 0.2) is 0 Å². The molecule has 1 aromatic rings. The molecule has 2 rings (SSSR count). The van der Waals surface area contributed by atoms with E-state index < -0.39 is 6.10 Å². The van der Waals surface area contributed by atoms with Gasteiger partial charge >= 0.3 is 0 Å². The number of hydrogen-bond donors (Lipinski definition) is 1. The van der Waals surface area contributed by atoms with Gasteiger partial charge in [-0.15, -0.1) is 0 Å². The molecule has 0 aromatic heterocycles. The summed E-state index contributed by atoms with van der Waals surface area (Å²) in [5.74, 6) is 1.38. The molecule has 0 radical (unpaired) electrons. The van der Waals surface area contributed by atoms with Crippen LogP contribution in [0.4, 0.5) is 0 Å². The van der Waals surface area contributed by atoms with Crippen molar-refractivity contribution in [3.8, 4) is 5.75 Å².